The molecule has 1 aliphatic heterocycles. The lowest BCUT2D eigenvalue weighted by Gasteiger charge is -2.29. The Morgan fingerprint density at radius 1 is 1.44 bits per heavy atom. The number of piperidine rings is 1. The van der Waals surface area contributed by atoms with Gasteiger partial charge in [-0.25, -0.2) is 0 Å². The fraction of sp³-hybridized carbons (Fsp3) is 1.00. The third-order valence-electron chi connectivity index (χ3n) is 2.67. The van der Waals surface area contributed by atoms with E-state index in [1.54, 1.807) is 0 Å². The highest BCUT2D eigenvalue weighted by Crippen LogP contribution is 2.40. The van der Waals surface area contributed by atoms with Crippen molar-refractivity contribution in [2.24, 2.45) is 5.73 Å². The van der Waals surface area contributed by atoms with Gasteiger partial charge in [-0.05, 0) is 32.2 Å². The van der Waals surface area contributed by atoms with Crippen LogP contribution in [-0.2, 0) is 0 Å². The van der Waals surface area contributed by atoms with Gasteiger partial charge in [0.25, 0.3) is 0 Å². The van der Waals surface area contributed by atoms with E-state index in [0.717, 1.165) is 0 Å². The highest BCUT2D eigenvalue weighted by molar-refractivity contribution is 5.10. The fourth-order valence-electron chi connectivity index (χ4n) is 1.75. The quantitative estimate of drug-likeness (QED) is 0.487. The third kappa shape index (κ3) is 0.775. The minimum Gasteiger partial charge on any atom is -0.326 e. The minimum atomic E-state index is 0.415. The zero-order chi connectivity index (χ0) is 6.32. The zero-order valence-electron chi connectivity index (χ0n) is 5.69. The topological polar surface area (TPSA) is 38.0 Å². The van der Waals surface area contributed by atoms with Gasteiger partial charge in [0, 0.05) is 11.6 Å². The summed E-state index contributed by atoms with van der Waals surface area (Å²) >= 11 is 0. The van der Waals surface area contributed by atoms with E-state index in [2.05, 4.69) is 5.32 Å². The van der Waals surface area contributed by atoms with E-state index >= 15 is 0 Å². The van der Waals surface area contributed by atoms with Crippen LogP contribution in [0.4, 0.5) is 0 Å². The Balaban J connectivity index is 2.03. The summed E-state index contributed by atoms with van der Waals surface area (Å²) in [5.41, 5.74) is 6.33. The lowest BCUT2D eigenvalue weighted by atomic mass is 9.97. The maximum Gasteiger partial charge on any atom is 0.0334 e. The molecule has 1 atom stereocenters. The summed E-state index contributed by atoms with van der Waals surface area (Å²) in [6.07, 6.45) is 5.12. The van der Waals surface area contributed by atoms with Gasteiger partial charge in [-0.1, -0.05) is 0 Å². The van der Waals surface area contributed by atoms with E-state index in [9.17, 15) is 0 Å². The van der Waals surface area contributed by atoms with Crippen molar-refractivity contribution in [1.82, 2.24) is 5.32 Å². The van der Waals surface area contributed by atoms with Gasteiger partial charge in [-0.3, -0.25) is 0 Å². The van der Waals surface area contributed by atoms with Crippen LogP contribution < -0.4 is 11.1 Å². The lowest BCUT2D eigenvalue weighted by Crippen LogP contribution is -2.51. The van der Waals surface area contributed by atoms with E-state index in [0.29, 0.717) is 11.6 Å². The van der Waals surface area contributed by atoms with Crippen LogP contribution in [0.15, 0.2) is 0 Å². The second-order valence-corrected chi connectivity index (χ2v) is 3.33. The Labute approximate surface area is 55.8 Å². The number of nitrogens with two attached hydrogens (primary N) is 1. The van der Waals surface area contributed by atoms with Crippen molar-refractivity contribution in [3.8, 4) is 0 Å². The molecule has 52 valence electrons. The second-order valence-electron chi connectivity index (χ2n) is 3.33. The summed E-state index contributed by atoms with van der Waals surface area (Å²) in [6.45, 7) is 1.19. The molecule has 2 nitrogen and oxygen atoms in total. The molecule has 2 fully saturated rings. The number of rotatable bonds is 0. The highest BCUT2D eigenvalue weighted by atomic mass is 15.1. The maximum atomic E-state index is 5.91. The molecule has 2 heteroatoms. The van der Waals surface area contributed by atoms with E-state index in [1.165, 1.54) is 32.2 Å². The first-order valence-corrected chi connectivity index (χ1v) is 3.84. The van der Waals surface area contributed by atoms with Crippen LogP contribution in [0, 0.1) is 0 Å². The van der Waals surface area contributed by atoms with Crippen LogP contribution in [0.5, 0.6) is 0 Å². The van der Waals surface area contributed by atoms with E-state index in [1.807, 2.05) is 0 Å². The van der Waals surface area contributed by atoms with Crippen molar-refractivity contribution < 1.29 is 0 Å². The molecule has 0 radical (unpaired) electrons. The summed E-state index contributed by atoms with van der Waals surface area (Å²) in [7, 11) is 0. The predicted octanol–water partition coefficient (Wildman–Crippen LogP) is 0.230. The van der Waals surface area contributed by atoms with Gasteiger partial charge >= 0.3 is 0 Å². The Kier molecular flexibility index (Phi) is 1.08. The summed E-state index contributed by atoms with van der Waals surface area (Å²) < 4.78 is 0. The van der Waals surface area contributed by atoms with Crippen LogP contribution >= 0.6 is 0 Å². The summed E-state index contributed by atoms with van der Waals surface area (Å²) in [5, 5.41) is 3.49. The average Bonchev–Trinajstić information content (AvgIpc) is 2.60. The highest BCUT2D eigenvalue weighted by Gasteiger charge is 2.48. The normalized spacial score (nSPS) is 39.0. The van der Waals surface area contributed by atoms with Crippen LogP contribution in [0.25, 0.3) is 0 Å². The molecular formula is C7H14N2. The summed E-state index contributed by atoms with van der Waals surface area (Å²) in [5.74, 6) is 0. The van der Waals surface area contributed by atoms with Crippen LogP contribution in [0.3, 0.4) is 0 Å². The van der Waals surface area contributed by atoms with E-state index in [4.69, 9.17) is 5.73 Å². The largest absolute Gasteiger partial charge is 0.326 e. The Hall–Kier alpha value is -0.0800. The van der Waals surface area contributed by atoms with Gasteiger partial charge in [0.05, 0.1) is 0 Å². The second kappa shape index (κ2) is 1.70. The first-order chi connectivity index (χ1) is 4.33. The van der Waals surface area contributed by atoms with Crippen molar-refractivity contribution in [1.29, 1.82) is 0 Å². The molecular weight excluding hydrogens is 112 g/mol. The molecule has 0 amide bonds. The molecule has 3 N–H and O–H groups in total. The Bertz CT molecular complexity index is 118. The van der Waals surface area contributed by atoms with Crippen LogP contribution in [0.2, 0.25) is 0 Å². The molecule has 0 aromatic carbocycles. The van der Waals surface area contributed by atoms with Gasteiger partial charge in [0.15, 0.2) is 0 Å². The monoisotopic (exact) mass is 126 g/mol. The van der Waals surface area contributed by atoms with Crippen molar-refractivity contribution in [2.75, 3.05) is 6.54 Å². The maximum absolute atomic E-state index is 5.91. The van der Waals surface area contributed by atoms with Crippen molar-refractivity contribution in [3.05, 3.63) is 0 Å². The molecule has 1 heterocycles. The first kappa shape index (κ1) is 5.69. The van der Waals surface area contributed by atoms with Gasteiger partial charge in [0.1, 0.15) is 0 Å². The summed E-state index contributed by atoms with van der Waals surface area (Å²) in [6, 6.07) is 0.450. The molecule has 0 aromatic rings. The molecule has 2 rings (SSSR count). The average molecular weight is 126 g/mol. The molecule has 1 spiro atoms. The standard InChI is InChI=1S/C7H14N2/c8-6-2-1-5-9-7(6)3-4-7/h6,9H,1-5,8H2. The van der Waals surface area contributed by atoms with E-state index < -0.39 is 0 Å². The fourth-order valence-corrected chi connectivity index (χ4v) is 1.75. The third-order valence-corrected chi connectivity index (χ3v) is 2.67. The number of hydrogen-bond acceptors (Lipinski definition) is 2. The Morgan fingerprint density at radius 2 is 2.22 bits per heavy atom. The van der Waals surface area contributed by atoms with Gasteiger partial charge in [0.2, 0.25) is 0 Å². The van der Waals surface area contributed by atoms with Crippen molar-refractivity contribution >= 4 is 0 Å². The van der Waals surface area contributed by atoms with Crippen LogP contribution in [0.1, 0.15) is 25.7 Å². The molecule has 1 saturated carbocycles. The van der Waals surface area contributed by atoms with Gasteiger partial charge in [-0.2, -0.15) is 0 Å². The van der Waals surface area contributed by atoms with E-state index in [-0.39, 0.29) is 0 Å². The molecule has 2 aliphatic rings. The number of hydrogen-bond donors (Lipinski definition) is 2. The molecule has 1 aliphatic carbocycles. The molecule has 1 unspecified atom stereocenters. The smallest absolute Gasteiger partial charge is 0.0334 e. The summed E-state index contributed by atoms with van der Waals surface area (Å²) in [4.78, 5) is 0. The molecule has 0 aromatic heterocycles. The van der Waals surface area contributed by atoms with Gasteiger partial charge < -0.3 is 11.1 Å². The first-order valence-electron chi connectivity index (χ1n) is 3.84. The SMILES string of the molecule is NC1CCCNC12CC2. The Morgan fingerprint density at radius 3 is 2.67 bits per heavy atom. The van der Waals surface area contributed by atoms with Crippen LogP contribution in [-0.4, -0.2) is 18.1 Å². The van der Waals surface area contributed by atoms with Crippen molar-refractivity contribution in [3.63, 3.8) is 0 Å². The predicted molar refractivity (Wildman–Crippen MR) is 37.2 cm³/mol. The molecule has 9 heavy (non-hydrogen) atoms. The minimum absolute atomic E-state index is 0.415. The van der Waals surface area contributed by atoms with Gasteiger partial charge in [-0.15, -0.1) is 0 Å². The molecule has 1 saturated heterocycles. The zero-order valence-corrected chi connectivity index (χ0v) is 5.69. The lowest BCUT2D eigenvalue weighted by molar-refractivity contribution is 0.333. The molecule has 0 bridgehead atoms. The van der Waals surface area contributed by atoms with Crippen molar-refractivity contribution in [2.45, 2.75) is 37.3 Å². The number of nitrogens with one attached hydrogen (secondary N) is 1.